The molecule has 1 aliphatic heterocycles. The van der Waals surface area contributed by atoms with Crippen molar-refractivity contribution in [2.75, 3.05) is 19.6 Å². The first-order chi connectivity index (χ1) is 21.0. The summed E-state index contributed by atoms with van der Waals surface area (Å²) in [5.74, 6) is -0.952. The van der Waals surface area contributed by atoms with Gasteiger partial charge in [0.1, 0.15) is 0 Å². The molecule has 2 amide bonds. The number of hydrogen-bond donors (Lipinski definition) is 2. The number of rotatable bonds is 12. The molecule has 1 saturated heterocycles. The molecule has 6 nitrogen and oxygen atoms in total. The molecular formula is C37H37N3O3. The maximum Gasteiger partial charge on any atom is 0.252 e. The molecule has 0 radical (unpaired) electrons. The van der Waals surface area contributed by atoms with E-state index >= 15 is 0 Å². The molecule has 0 aromatic heterocycles. The fourth-order valence-corrected chi connectivity index (χ4v) is 5.28. The van der Waals surface area contributed by atoms with Crippen LogP contribution >= 0.6 is 0 Å². The van der Waals surface area contributed by atoms with Crippen molar-refractivity contribution < 1.29 is 14.4 Å². The van der Waals surface area contributed by atoms with Crippen LogP contribution in [0.2, 0.25) is 0 Å². The lowest BCUT2D eigenvalue weighted by Crippen LogP contribution is -2.46. The Hall–Kier alpha value is -4.81. The third-order valence-electron chi connectivity index (χ3n) is 7.68. The summed E-state index contributed by atoms with van der Waals surface area (Å²) in [6, 6.07) is 33.3. The molecule has 1 atom stereocenters. The number of likely N-dealkylation sites (tertiary alicyclic amines) is 1. The normalized spacial score (nSPS) is 14.0. The molecule has 1 heterocycles. The van der Waals surface area contributed by atoms with Crippen LogP contribution in [0.3, 0.4) is 0 Å². The Bertz CT molecular complexity index is 1540. The van der Waals surface area contributed by atoms with Gasteiger partial charge in [-0.25, -0.2) is 0 Å². The fraction of sp³-hybridized carbons (Fsp3) is 0.216. The second-order valence-electron chi connectivity index (χ2n) is 10.9. The summed E-state index contributed by atoms with van der Waals surface area (Å²) < 4.78 is 0. The molecule has 0 saturated carbocycles. The fourth-order valence-electron chi connectivity index (χ4n) is 5.28. The van der Waals surface area contributed by atoms with Crippen molar-refractivity contribution in [3.8, 4) is 0 Å². The minimum atomic E-state index is -0.814. The maximum absolute atomic E-state index is 13.6. The molecule has 43 heavy (non-hydrogen) atoms. The smallest absolute Gasteiger partial charge is 0.252 e. The molecule has 1 aliphatic rings. The lowest BCUT2D eigenvalue weighted by Gasteiger charge is -2.19. The largest absolute Gasteiger partial charge is 0.345 e. The molecule has 218 valence electrons. The molecule has 6 heteroatoms. The molecule has 2 N–H and O–H groups in total. The van der Waals surface area contributed by atoms with E-state index in [1.165, 1.54) is 31.5 Å². The zero-order chi connectivity index (χ0) is 29.9. The van der Waals surface area contributed by atoms with Crippen LogP contribution in [0, 0.1) is 0 Å². The van der Waals surface area contributed by atoms with Gasteiger partial charge in [0.05, 0.1) is 12.6 Å². The number of hydrogen-bond acceptors (Lipinski definition) is 4. The Labute approximate surface area is 253 Å². The first kappa shape index (κ1) is 29.7. The summed E-state index contributed by atoms with van der Waals surface area (Å²) in [6.07, 6.45) is 6.80. The average molecular weight is 572 g/mol. The molecule has 4 aromatic rings. The van der Waals surface area contributed by atoms with E-state index in [2.05, 4.69) is 39.8 Å². The van der Waals surface area contributed by atoms with Crippen LogP contribution in [0.1, 0.15) is 55.8 Å². The standard InChI is InChI=1S/C37H37N3O3/c41-35(26-38-36(42)32-14-5-2-6-15-32)34(25-29-11-3-1-4-12-29)39-37(43)33-16-8-7-13-31(33)22-21-28-17-19-30(20-18-28)27-40-23-9-10-24-40/h1-8,11-22,34H,9-10,23-27H2,(H,38,42)(H,39,43)/t34-/m0/s1. The van der Waals surface area contributed by atoms with Crippen LogP contribution in [0.25, 0.3) is 12.2 Å². The van der Waals surface area contributed by atoms with Gasteiger partial charge >= 0.3 is 0 Å². The molecule has 0 unspecified atom stereocenters. The summed E-state index contributed by atoms with van der Waals surface area (Å²) >= 11 is 0. The van der Waals surface area contributed by atoms with E-state index in [4.69, 9.17) is 0 Å². The Kier molecular flexibility index (Phi) is 10.3. The first-order valence-corrected chi connectivity index (χ1v) is 14.8. The quantitative estimate of drug-likeness (QED) is 0.211. The second-order valence-corrected chi connectivity index (χ2v) is 10.9. The van der Waals surface area contributed by atoms with Crippen LogP contribution in [-0.4, -0.2) is 48.2 Å². The van der Waals surface area contributed by atoms with Crippen molar-refractivity contribution in [3.63, 3.8) is 0 Å². The number of benzene rings is 4. The van der Waals surface area contributed by atoms with Crippen molar-refractivity contribution >= 4 is 29.7 Å². The zero-order valence-corrected chi connectivity index (χ0v) is 24.2. The van der Waals surface area contributed by atoms with Gasteiger partial charge in [0.2, 0.25) is 0 Å². The minimum absolute atomic E-state index is 0.194. The Morgan fingerprint density at radius 3 is 2.07 bits per heavy atom. The van der Waals surface area contributed by atoms with Crippen LogP contribution < -0.4 is 10.6 Å². The van der Waals surface area contributed by atoms with Gasteiger partial charge < -0.3 is 10.6 Å². The lowest BCUT2D eigenvalue weighted by atomic mass is 10.00. The molecule has 0 bridgehead atoms. The summed E-state index contributed by atoms with van der Waals surface area (Å²) in [5, 5.41) is 5.65. The molecule has 0 aliphatic carbocycles. The number of nitrogens with one attached hydrogen (secondary N) is 2. The van der Waals surface area contributed by atoms with E-state index in [9.17, 15) is 14.4 Å². The van der Waals surface area contributed by atoms with E-state index in [0.29, 0.717) is 17.5 Å². The monoisotopic (exact) mass is 571 g/mol. The highest BCUT2D eigenvalue weighted by atomic mass is 16.2. The number of amides is 2. The summed E-state index contributed by atoms with van der Waals surface area (Å²) in [5.41, 5.74) is 4.96. The van der Waals surface area contributed by atoms with E-state index < -0.39 is 6.04 Å². The van der Waals surface area contributed by atoms with Crippen LogP contribution in [0.5, 0.6) is 0 Å². The minimum Gasteiger partial charge on any atom is -0.345 e. The number of carbonyl (C=O) groups excluding carboxylic acids is 3. The zero-order valence-electron chi connectivity index (χ0n) is 24.2. The van der Waals surface area contributed by atoms with E-state index in [1.807, 2.05) is 66.7 Å². The number of Topliss-reactive ketones (excluding diaryl/α,β-unsaturated/α-hetero) is 1. The Morgan fingerprint density at radius 1 is 0.698 bits per heavy atom. The van der Waals surface area contributed by atoms with Crippen molar-refractivity contribution in [2.24, 2.45) is 0 Å². The molecule has 1 fully saturated rings. The van der Waals surface area contributed by atoms with Crippen molar-refractivity contribution in [3.05, 3.63) is 143 Å². The topological polar surface area (TPSA) is 78.5 Å². The van der Waals surface area contributed by atoms with Gasteiger partial charge in [0, 0.05) is 17.7 Å². The van der Waals surface area contributed by atoms with Gasteiger partial charge in [0.25, 0.3) is 11.8 Å². The van der Waals surface area contributed by atoms with Gasteiger partial charge in [-0.05, 0) is 72.8 Å². The van der Waals surface area contributed by atoms with E-state index in [-0.39, 0.29) is 24.1 Å². The highest BCUT2D eigenvalue weighted by Crippen LogP contribution is 2.17. The summed E-state index contributed by atoms with van der Waals surface area (Å²) in [4.78, 5) is 41.9. The van der Waals surface area contributed by atoms with Gasteiger partial charge in [-0.15, -0.1) is 0 Å². The maximum atomic E-state index is 13.6. The number of nitrogens with zero attached hydrogens (tertiary/aromatic N) is 1. The van der Waals surface area contributed by atoms with Gasteiger partial charge in [-0.3, -0.25) is 19.3 Å². The van der Waals surface area contributed by atoms with E-state index in [1.54, 1.807) is 30.3 Å². The predicted octanol–water partition coefficient (Wildman–Crippen LogP) is 5.79. The highest BCUT2D eigenvalue weighted by molar-refractivity contribution is 6.02. The van der Waals surface area contributed by atoms with E-state index in [0.717, 1.165) is 23.2 Å². The number of ketones is 1. The Morgan fingerprint density at radius 2 is 1.35 bits per heavy atom. The number of carbonyl (C=O) groups is 3. The van der Waals surface area contributed by atoms with Crippen LogP contribution in [0.4, 0.5) is 0 Å². The summed E-state index contributed by atoms with van der Waals surface area (Å²) in [7, 11) is 0. The van der Waals surface area contributed by atoms with Crippen molar-refractivity contribution in [1.29, 1.82) is 0 Å². The average Bonchev–Trinajstić information content (AvgIpc) is 3.57. The Balaban J connectivity index is 1.27. The molecule has 5 rings (SSSR count). The van der Waals surface area contributed by atoms with Gasteiger partial charge in [-0.2, -0.15) is 0 Å². The molecule has 0 spiro atoms. The van der Waals surface area contributed by atoms with Crippen LogP contribution in [0.15, 0.2) is 109 Å². The SMILES string of the molecule is O=C(NCC(=O)[C@H](Cc1ccccc1)NC(=O)c1ccccc1C=Cc1ccc(CN2CCCC2)cc1)c1ccccc1. The first-order valence-electron chi connectivity index (χ1n) is 14.8. The van der Waals surface area contributed by atoms with Gasteiger partial charge in [-0.1, -0.05) is 103 Å². The van der Waals surface area contributed by atoms with Crippen LogP contribution in [-0.2, 0) is 17.8 Å². The third-order valence-corrected chi connectivity index (χ3v) is 7.68. The third kappa shape index (κ3) is 8.60. The highest BCUT2D eigenvalue weighted by Gasteiger charge is 2.23. The van der Waals surface area contributed by atoms with Crippen molar-refractivity contribution in [1.82, 2.24) is 15.5 Å². The van der Waals surface area contributed by atoms with Crippen molar-refractivity contribution in [2.45, 2.75) is 31.8 Å². The van der Waals surface area contributed by atoms with Gasteiger partial charge in [0.15, 0.2) is 5.78 Å². The molecular weight excluding hydrogens is 534 g/mol. The predicted molar refractivity (Wildman–Crippen MR) is 172 cm³/mol. The summed E-state index contributed by atoms with van der Waals surface area (Å²) in [6.45, 7) is 3.12. The second kappa shape index (κ2) is 14.9. The molecule has 4 aromatic carbocycles. The lowest BCUT2D eigenvalue weighted by molar-refractivity contribution is -0.119.